The number of carbonyl (C=O) groups excluding carboxylic acids is 2. The second-order valence-electron chi connectivity index (χ2n) is 4.61. The molecule has 24 heavy (non-hydrogen) atoms. The summed E-state index contributed by atoms with van der Waals surface area (Å²) < 4.78 is 10.2. The Bertz CT molecular complexity index is 585. The fourth-order valence-electron chi connectivity index (χ4n) is 1.56. The third-order valence-electron chi connectivity index (χ3n) is 2.65. The lowest BCUT2D eigenvalue weighted by atomic mass is 10.2. The first-order valence-corrected chi connectivity index (χ1v) is 7.97. The smallest absolute Gasteiger partial charge is 0.329 e. The van der Waals surface area contributed by atoms with Crippen LogP contribution < -0.4 is 15.5 Å². The first kappa shape index (κ1) is 20.2. The van der Waals surface area contributed by atoms with E-state index in [2.05, 4.69) is 15.8 Å². The molecule has 0 aliphatic carbocycles. The third kappa shape index (κ3) is 6.74. The van der Waals surface area contributed by atoms with E-state index in [1.807, 2.05) is 6.92 Å². The Kier molecular flexibility index (Phi) is 9.14. The number of halogens is 2. The van der Waals surface area contributed by atoms with Gasteiger partial charge in [-0.15, -0.1) is 0 Å². The lowest BCUT2D eigenvalue weighted by molar-refractivity contribution is -0.139. The number of hydrazone groups is 1. The molecule has 0 spiro atoms. The summed E-state index contributed by atoms with van der Waals surface area (Å²) in [6, 6.07) is 3.18. The molecule has 7 nitrogen and oxygen atoms in total. The van der Waals surface area contributed by atoms with E-state index in [0.717, 1.165) is 6.42 Å². The Labute approximate surface area is 150 Å². The number of amides is 2. The lowest BCUT2D eigenvalue weighted by Crippen LogP contribution is -2.39. The SMILES string of the molecule is CCCOc1c(Cl)cc(/C=N\NC(=O)C(=O)NCCOC)cc1Cl. The monoisotopic (exact) mass is 375 g/mol. The molecule has 0 radical (unpaired) electrons. The maximum atomic E-state index is 11.5. The predicted octanol–water partition coefficient (Wildman–Crippen LogP) is 1.99. The summed E-state index contributed by atoms with van der Waals surface area (Å²) in [7, 11) is 1.49. The molecule has 1 rings (SSSR count). The Morgan fingerprint density at radius 3 is 2.46 bits per heavy atom. The minimum Gasteiger partial charge on any atom is -0.490 e. The zero-order valence-electron chi connectivity index (χ0n) is 13.4. The van der Waals surface area contributed by atoms with Gasteiger partial charge in [-0.25, -0.2) is 5.43 Å². The fraction of sp³-hybridized carbons (Fsp3) is 0.400. The number of hydrogen-bond acceptors (Lipinski definition) is 5. The van der Waals surface area contributed by atoms with Crippen LogP contribution in [0.5, 0.6) is 5.75 Å². The number of nitrogens with zero attached hydrogens (tertiary/aromatic N) is 1. The van der Waals surface area contributed by atoms with Crippen molar-refractivity contribution in [3.63, 3.8) is 0 Å². The van der Waals surface area contributed by atoms with Crippen LogP contribution in [0.15, 0.2) is 17.2 Å². The highest BCUT2D eigenvalue weighted by molar-refractivity contribution is 6.37. The lowest BCUT2D eigenvalue weighted by Gasteiger charge is -2.09. The van der Waals surface area contributed by atoms with Crippen molar-refractivity contribution in [3.8, 4) is 5.75 Å². The van der Waals surface area contributed by atoms with Crippen molar-refractivity contribution in [2.24, 2.45) is 5.10 Å². The molecular formula is C15H19Cl2N3O4. The minimum absolute atomic E-state index is 0.233. The van der Waals surface area contributed by atoms with Gasteiger partial charge < -0.3 is 14.8 Å². The summed E-state index contributed by atoms with van der Waals surface area (Å²) in [5.41, 5.74) is 2.66. The summed E-state index contributed by atoms with van der Waals surface area (Å²) in [5, 5.41) is 6.73. The molecule has 0 saturated carbocycles. The third-order valence-corrected chi connectivity index (χ3v) is 3.21. The van der Waals surface area contributed by atoms with Crippen LogP contribution in [0.2, 0.25) is 10.0 Å². The van der Waals surface area contributed by atoms with E-state index in [0.29, 0.717) is 34.6 Å². The molecule has 2 amide bonds. The van der Waals surface area contributed by atoms with Crippen molar-refractivity contribution in [1.82, 2.24) is 10.7 Å². The van der Waals surface area contributed by atoms with Gasteiger partial charge in [0.1, 0.15) is 0 Å². The van der Waals surface area contributed by atoms with Crippen LogP contribution in [-0.2, 0) is 14.3 Å². The summed E-state index contributed by atoms with van der Waals surface area (Å²) in [5.74, 6) is -1.29. The average Bonchev–Trinajstić information content (AvgIpc) is 2.54. The number of benzene rings is 1. The molecule has 9 heteroatoms. The van der Waals surface area contributed by atoms with Gasteiger partial charge in [-0.2, -0.15) is 5.10 Å². The molecule has 2 N–H and O–H groups in total. The van der Waals surface area contributed by atoms with Crippen molar-refractivity contribution in [2.45, 2.75) is 13.3 Å². The highest BCUT2D eigenvalue weighted by atomic mass is 35.5. The van der Waals surface area contributed by atoms with Gasteiger partial charge in [0.15, 0.2) is 5.75 Å². The summed E-state index contributed by atoms with van der Waals surface area (Å²) in [6.45, 7) is 3.01. The van der Waals surface area contributed by atoms with E-state index in [9.17, 15) is 9.59 Å². The fourth-order valence-corrected chi connectivity index (χ4v) is 2.17. The van der Waals surface area contributed by atoms with Crippen molar-refractivity contribution >= 4 is 41.2 Å². The number of hydrogen-bond donors (Lipinski definition) is 2. The van der Waals surface area contributed by atoms with Gasteiger partial charge in [-0.3, -0.25) is 9.59 Å². The van der Waals surface area contributed by atoms with E-state index in [-0.39, 0.29) is 6.54 Å². The Morgan fingerprint density at radius 1 is 1.21 bits per heavy atom. The van der Waals surface area contributed by atoms with E-state index in [1.54, 1.807) is 12.1 Å². The van der Waals surface area contributed by atoms with Crippen LogP contribution in [0.25, 0.3) is 0 Å². The molecule has 0 fully saturated rings. The highest BCUT2D eigenvalue weighted by Crippen LogP contribution is 2.33. The van der Waals surface area contributed by atoms with Crippen LogP contribution in [0.1, 0.15) is 18.9 Å². The molecule has 0 atom stereocenters. The molecule has 0 aromatic heterocycles. The van der Waals surface area contributed by atoms with Crippen LogP contribution in [0.4, 0.5) is 0 Å². The van der Waals surface area contributed by atoms with Crippen molar-refractivity contribution in [2.75, 3.05) is 26.9 Å². The number of methoxy groups -OCH3 is 1. The molecule has 0 heterocycles. The predicted molar refractivity (Wildman–Crippen MR) is 92.9 cm³/mol. The molecule has 1 aromatic rings. The van der Waals surface area contributed by atoms with Gasteiger partial charge in [0, 0.05) is 13.7 Å². The first-order valence-electron chi connectivity index (χ1n) is 7.21. The summed E-state index contributed by atoms with van der Waals surface area (Å²) in [6.07, 6.45) is 2.15. The van der Waals surface area contributed by atoms with E-state index >= 15 is 0 Å². The van der Waals surface area contributed by atoms with Crippen LogP contribution in [-0.4, -0.2) is 44.9 Å². The largest absolute Gasteiger partial charge is 0.490 e. The molecule has 1 aromatic carbocycles. The Hall–Kier alpha value is -1.83. The number of nitrogens with one attached hydrogen (secondary N) is 2. The standard InChI is InChI=1S/C15H19Cl2N3O4/c1-3-5-24-13-11(16)7-10(8-12(13)17)9-19-20-15(22)14(21)18-4-6-23-2/h7-9H,3-6H2,1-2H3,(H,18,21)(H,20,22)/b19-9-. The van der Waals surface area contributed by atoms with E-state index in [1.165, 1.54) is 13.3 Å². The van der Waals surface area contributed by atoms with Crippen LogP contribution in [0.3, 0.4) is 0 Å². The molecule has 132 valence electrons. The van der Waals surface area contributed by atoms with E-state index < -0.39 is 11.8 Å². The minimum atomic E-state index is -0.887. The molecule has 0 unspecified atom stereocenters. The molecule has 0 saturated heterocycles. The number of carbonyl (C=O) groups is 2. The van der Waals surface area contributed by atoms with E-state index in [4.69, 9.17) is 32.7 Å². The van der Waals surface area contributed by atoms with Crippen LogP contribution >= 0.6 is 23.2 Å². The molecule has 0 bridgehead atoms. The highest BCUT2D eigenvalue weighted by Gasteiger charge is 2.12. The molecule has 0 aliphatic rings. The zero-order chi connectivity index (χ0) is 17.9. The Morgan fingerprint density at radius 2 is 1.88 bits per heavy atom. The van der Waals surface area contributed by atoms with Gasteiger partial charge in [0.2, 0.25) is 0 Å². The maximum absolute atomic E-state index is 11.5. The van der Waals surface area contributed by atoms with Gasteiger partial charge in [-0.1, -0.05) is 30.1 Å². The molecule has 0 aliphatic heterocycles. The Balaban J connectivity index is 2.61. The second-order valence-corrected chi connectivity index (χ2v) is 5.42. The van der Waals surface area contributed by atoms with Crippen molar-refractivity contribution in [1.29, 1.82) is 0 Å². The number of rotatable bonds is 8. The number of ether oxygens (including phenoxy) is 2. The van der Waals surface area contributed by atoms with Crippen LogP contribution in [0, 0.1) is 0 Å². The zero-order valence-corrected chi connectivity index (χ0v) is 14.9. The van der Waals surface area contributed by atoms with Gasteiger partial charge in [0.05, 0.1) is 29.5 Å². The summed E-state index contributed by atoms with van der Waals surface area (Å²) in [4.78, 5) is 22.9. The van der Waals surface area contributed by atoms with Crippen molar-refractivity contribution in [3.05, 3.63) is 27.7 Å². The quantitative estimate of drug-likeness (QED) is 0.314. The topological polar surface area (TPSA) is 89.0 Å². The van der Waals surface area contributed by atoms with Crippen molar-refractivity contribution < 1.29 is 19.1 Å². The first-order chi connectivity index (χ1) is 11.5. The molecular weight excluding hydrogens is 357 g/mol. The second kappa shape index (κ2) is 10.9. The summed E-state index contributed by atoms with van der Waals surface area (Å²) >= 11 is 12.2. The van der Waals surface area contributed by atoms with Gasteiger partial charge in [-0.05, 0) is 24.1 Å². The van der Waals surface area contributed by atoms with Gasteiger partial charge >= 0.3 is 11.8 Å². The average molecular weight is 376 g/mol. The normalized spacial score (nSPS) is 10.7. The maximum Gasteiger partial charge on any atom is 0.329 e. The van der Waals surface area contributed by atoms with Gasteiger partial charge in [0.25, 0.3) is 0 Å².